The number of primary amides is 1. The summed E-state index contributed by atoms with van der Waals surface area (Å²) in [7, 11) is 0. The van der Waals surface area contributed by atoms with Crippen LogP contribution in [0.3, 0.4) is 0 Å². The minimum atomic E-state index is -1.48. The second-order valence-corrected chi connectivity index (χ2v) is 4.91. The molecule has 2 atom stereocenters. The number of nitrogen functional groups attached to an aromatic ring is 1. The number of hydrogen-bond donors (Lipinski definition) is 6. The van der Waals surface area contributed by atoms with Gasteiger partial charge in [-0.2, -0.15) is 0 Å². The molecular formula is C14H21N3O6. The molecule has 9 nitrogen and oxygen atoms in total. The summed E-state index contributed by atoms with van der Waals surface area (Å²) < 4.78 is 0. The number of benzene rings is 1. The molecule has 0 bridgehead atoms. The smallest absolute Gasteiger partial charge is 0.258 e. The molecule has 0 fully saturated rings. The number of aliphatic hydroxyl groups excluding tert-OH is 4. The number of carbonyl (C=O) groups excluding carboxylic acids is 2. The normalized spacial score (nSPS) is 13.4. The fraction of sp³-hybridized carbons (Fsp3) is 0.429. The van der Waals surface area contributed by atoms with Crippen LogP contribution in [-0.4, -0.2) is 62.8 Å². The molecule has 9 heteroatoms. The molecule has 2 unspecified atom stereocenters. The van der Waals surface area contributed by atoms with Crippen molar-refractivity contribution in [2.45, 2.75) is 25.3 Å². The van der Waals surface area contributed by atoms with Crippen molar-refractivity contribution in [2.24, 2.45) is 5.73 Å². The zero-order chi connectivity index (χ0) is 17.6. The van der Waals surface area contributed by atoms with E-state index in [1.54, 1.807) is 0 Å². The second-order valence-electron chi connectivity index (χ2n) is 4.91. The third-order valence-electron chi connectivity index (χ3n) is 3.14. The zero-order valence-corrected chi connectivity index (χ0v) is 12.4. The Hall–Kier alpha value is -2.20. The van der Waals surface area contributed by atoms with Gasteiger partial charge in [0, 0.05) is 42.9 Å². The van der Waals surface area contributed by atoms with Gasteiger partial charge in [-0.15, -0.1) is 0 Å². The number of carbonyl (C=O) groups is 2. The van der Waals surface area contributed by atoms with Crippen molar-refractivity contribution in [3.63, 3.8) is 0 Å². The predicted molar refractivity (Wildman–Crippen MR) is 81.0 cm³/mol. The number of aliphatic hydroxyl groups is 4. The van der Waals surface area contributed by atoms with E-state index in [4.69, 9.17) is 21.7 Å². The zero-order valence-electron chi connectivity index (χ0n) is 12.4. The Kier molecular flexibility index (Phi) is 6.91. The van der Waals surface area contributed by atoms with Gasteiger partial charge in [-0.1, -0.05) is 0 Å². The summed E-state index contributed by atoms with van der Waals surface area (Å²) >= 11 is 0. The number of amides is 2. The Morgan fingerprint density at radius 3 is 1.91 bits per heavy atom. The monoisotopic (exact) mass is 327 g/mol. The van der Waals surface area contributed by atoms with Crippen LogP contribution >= 0.6 is 0 Å². The van der Waals surface area contributed by atoms with Crippen LogP contribution in [0.15, 0.2) is 18.2 Å². The van der Waals surface area contributed by atoms with Gasteiger partial charge in [-0.05, 0) is 18.2 Å². The largest absolute Gasteiger partial charge is 0.399 e. The third kappa shape index (κ3) is 4.89. The van der Waals surface area contributed by atoms with Gasteiger partial charge in [0.15, 0.2) is 0 Å². The van der Waals surface area contributed by atoms with Crippen LogP contribution in [0.1, 0.15) is 33.6 Å². The van der Waals surface area contributed by atoms with E-state index in [0.29, 0.717) is 4.90 Å². The van der Waals surface area contributed by atoms with Gasteiger partial charge in [0.25, 0.3) is 5.91 Å². The molecular weight excluding hydrogens is 306 g/mol. The van der Waals surface area contributed by atoms with Crippen molar-refractivity contribution < 1.29 is 30.0 Å². The molecule has 23 heavy (non-hydrogen) atoms. The van der Waals surface area contributed by atoms with Crippen molar-refractivity contribution in [3.05, 3.63) is 29.3 Å². The summed E-state index contributed by atoms with van der Waals surface area (Å²) in [5.74, 6) is -1.61. The molecule has 1 aromatic rings. The highest BCUT2D eigenvalue weighted by Gasteiger charge is 2.29. The van der Waals surface area contributed by atoms with Crippen molar-refractivity contribution in [2.75, 3.05) is 18.9 Å². The highest BCUT2D eigenvalue weighted by Crippen LogP contribution is 2.18. The third-order valence-corrected chi connectivity index (χ3v) is 3.14. The molecule has 2 amide bonds. The maximum atomic E-state index is 12.5. The first kappa shape index (κ1) is 18.8. The number of rotatable bonds is 8. The molecule has 128 valence electrons. The lowest BCUT2D eigenvalue weighted by Gasteiger charge is -2.32. The number of nitrogens with two attached hydrogens (primary N) is 2. The lowest BCUT2D eigenvalue weighted by Crippen LogP contribution is -2.48. The van der Waals surface area contributed by atoms with Crippen molar-refractivity contribution in [1.82, 2.24) is 4.90 Å². The second kappa shape index (κ2) is 8.44. The van der Waals surface area contributed by atoms with E-state index in [1.807, 2.05) is 0 Å². The minimum absolute atomic E-state index is 0.00148. The lowest BCUT2D eigenvalue weighted by atomic mass is 10.1. The van der Waals surface area contributed by atoms with Crippen LogP contribution in [0.4, 0.5) is 5.69 Å². The highest BCUT2D eigenvalue weighted by atomic mass is 16.3. The SMILES string of the molecule is NC(=O)c1cc(N)cc(C(=O)N(C(O)CCO)C(O)CCO)c1. The van der Waals surface area contributed by atoms with Crippen LogP contribution < -0.4 is 11.5 Å². The highest BCUT2D eigenvalue weighted by molar-refractivity contribution is 6.00. The van der Waals surface area contributed by atoms with E-state index in [0.717, 1.165) is 0 Å². The fourth-order valence-electron chi connectivity index (χ4n) is 2.04. The van der Waals surface area contributed by atoms with E-state index >= 15 is 0 Å². The van der Waals surface area contributed by atoms with Gasteiger partial charge in [-0.25, -0.2) is 0 Å². The summed E-state index contributed by atoms with van der Waals surface area (Å²) in [6, 6.07) is 3.74. The topological polar surface area (TPSA) is 170 Å². The van der Waals surface area contributed by atoms with E-state index in [-0.39, 0.29) is 29.7 Å². The first-order valence-corrected chi connectivity index (χ1v) is 6.92. The molecule has 0 heterocycles. The van der Waals surface area contributed by atoms with E-state index in [1.165, 1.54) is 18.2 Å². The molecule has 0 saturated carbocycles. The quantitative estimate of drug-likeness (QED) is 0.242. The fourth-order valence-corrected chi connectivity index (χ4v) is 2.04. The Morgan fingerprint density at radius 1 is 1.00 bits per heavy atom. The van der Waals surface area contributed by atoms with E-state index in [9.17, 15) is 19.8 Å². The van der Waals surface area contributed by atoms with E-state index in [2.05, 4.69) is 0 Å². The summed E-state index contributed by atoms with van der Waals surface area (Å²) in [5, 5.41) is 37.7. The van der Waals surface area contributed by atoms with Gasteiger partial charge in [0.1, 0.15) is 12.5 Å². The van der Waals surface area contributed by atoms with Crippen molar-refractivity contribution >= 4 is 17.5 Å². The molecule has 8 N–H and O–H groups in total. The van der Waals surface area contributed by atoms with Crippen LogP contribution in [0.5, 0.6) is 0 Å². The minimum Gasteiger partial charge on any atom is -0.399 e. The van der Waals surface area contributed by atoms with Gasteiger partial charge in [-0.3, -0.25) is 14.5 Å². The summed E-state index contributed by atoms with van der Waals surface area (Å²) in [5.41, 5.74) is 10.8. The Balaban J connectivity index is 3.20. The van der Waals surface area contributed by atoms with Crippen LogP contribution in [-0.2, 0) is 0 Å². The predicted octanol–water partition coefficient (Wildman–Crippen LogP) is -1.79. The van der Waals surface area contributed by atoms with E-state index < -0.39 is 37.5 Å². The number of hydrogen-bond acceptors (Lipinski definition) is 7. The Labute approximate surface area is 132 Å². The van der Waals surface area contributed by atoms with Crippen LogP contribution in [0.2, 0.25) is 0 Å². The van der Waals surface area contributed by atoms with Crippen LogP contribution in [0, 0.1) is 0 Å². The molecule has 0 aromatic heterocycles. The van der Waals surface area contributed by atoms with Crippen molar-refractivity contribution in [3.8, 4) is 0 Å². The first-order valence-electron chi connectivity index (χ1n) is 6.92. The molecule has 1 rings (SSSR count). The van der Waals surface area contributed by atoms with Gasteiger partial charge in [0.05, 0.1) is 0 Å². The molecule has 0 spiro atoms. The van der Waals surface area contributed by atoms with Crippen molar-refractivity contribution in [1.29, 1.82) is 0 Å². The molecule has 0 aliphatic heterocycles. The average Bonchev–Trinajstić information content (AvgIpc) is 2.47. The molecule has 0 aliphatic carbocycles. The standard InChI is InChI=1S/C14H21N3O6/c15-10-6-8(13(16)22)5-9(7-10)14(23)17(11(20)1-3-18)12(21)2-4-19/h5-7,11-12,18-21H,1-4,15H2,(H2,16,22). The average molecular weight is 327 g/mol. The molecule has 0 radical (unpaired) electrons. The van der Waals surface area contributed by atoms with Gasteiger partial charge < -0.3 is 31.9 Å². The summed E-state index contributed by atoms with van der Waals surface area (Å²) in [6.45, 7) is -0.833. The first-order chi connectivity index (χ1) is 10.8. The lowest BCUT2D eigenvalue weighted by molar-refractivity contribution is -0.0898. The number of nitrogens with zero attached hydrogens (tertiary/aromatic N) is 1. The van der Waals surface area contributed by atoms with Crippen LogP contribution in [0.25, 0.3) is 0 Å². The molecule has 0 aliphatic rings. The summed E-state index contributed by atoms with van der Waals surface area (Å²) in [6.07, 6.45) is -3.35. The maximum Gasteiger partial charge on any atom is 0.258 e. The summed E-state index contributed by atoms with van der Waals surface area (Å²) in [4.78, 5) is 24.5. The number of anilines is 1. The van der Waals surface area contributed by atoms with Gasteiger partial charge in [0.2, 0.25) is 5.91 Å². The Bertz CT molecular complexity index is 553. The van der Waals surface area contributed by atoms with Gasteiger partial charge >= 0.3 is 0 Å². The molecule has 1 aromatic carbocycles. The Morgan fingerprint density at radius 2 is 1.48 bits per heavy atom. The maximum absolute atomic E-state index is 12.5. The molecule has 0 saturated heterocycles.